The molecule has 0 radical (unpaired) electrons. The van der Waals surface area contributed by atoms with Crippen LogP contribution < -0.4 is 10.1 Å². The van der Waals surface area contributed by atoms with Crippen molar-refractivity contribution in [3.8, 4) is 17.8 Å². The van der Waals surface area contributed by atoms with Crippen LogP contribution >= 0.6 is 0 Å². The quantitative estimate of drug-likeness (QED) is 0.929. The Kier molecular flexibility index (Phi) is 4.43. The molecule has 1 amide bonds. The largest absolute Gasteiger partial charge is 0.424 e. The van der Waals surface area contributed by atoms with Gasteiger partial charge in [-0.1, -0.05) is 12.8 Å². The van der Waals surface area contributed by atoms with E-state index in [0.29, 0.717) is 24.3 Å². The lowest BCUT2D eigenvalue weighted by molar-refractivity contribution is -0.122. The number of anilines is 1. The van der Waals surface area contributed by atoms with Gasteiger partial charge in [0.15, 0.2) is 0 Å². The van der Waals surface area contributed by atoms with E-state index in [2.05, 4.69) is 21.4 Å². The van der Waals surface area contributed by atoms with Gasteiger partial charge in [0.25, 0.3) is 0 Å². The SMILES string of the molecule is Cc1cc(Oc2ncccn2)ccc1NC(=O)C1(C#N)CCCC1. The molecule has 1 aliphatic carbocycles. The molecular weight excluding hydrogens is 304 g/mol. The van der Waals surface area contributed by atoms with Crippen LogP contribution in [0.1, 0.15) is 31.2 Å². The Hall–Kier alpha value is -2.94. The zero-order valence-corrected chi connectivity index (χ0v) is 13.5. The van der Waals surface area contributed by atoms with Gasteiger partial charge in [0.05, 0.1) is 6.07 Å². The van der Waals surface area contributed by atoms with E-state index in [9.17, 15) is 10.1 Å². The third-order valence-corrected chi connectivity index (χ3v) is 4.30. The average Bonchev–Trinajstić information content (AvgIpc) is 3.08. The van der Waals surface area contributed by atoms with E-state index in [1.807, 2.05) is 6.92 Å². The number of rotatable bonds is 4. The molecular formula is C18H18N4O2. The summed E-state index contributed by atoms with van der Waals surface area (Å²) in [5, 5.41) is 12.3. The van der Waals surface area contributed by atoms with Crippen molar-refractivity contribution in [1.29, 1.82) is 5.26 Å². The predicted molar refractivity (Wildman–Crippen MR) is 88.4 cm³/mol. The lowest BCUT2D eigenvalue weighted by atomic mass is 9.87. The van der Waals surface area contributed by atoms with Gasteiger partial charge in [-0.05, 0) is 49.6 Å². The maximum absolute atomic E-state index is 12.5. The molecule has 1 N–H and O–H groups in total. The number of aryl methyl sites for hydroxylation is 1. The number of hydrogen-bond donors (Lipinski definition) is 1. The first-order valence-electron chi connectivity index (χ1n) is 7.91. The summed E-state index contributed by atoms with van der Waals surface area (Å²) in [5.74, 6) is 0.373. The number of nitrogens with zero attached hydrogens (tertiary/aromatic N) is 3. The number of aromatic nitrogens is 2. The molecule has 24 heavy (non-hydrogen) atoms. The zero-order valence-electron chi connectivity index (χ0n) is 13.5. The monoisotopic (exact) mass is 322 g/mol. The smallest absolute Gasteiger partial charge is 0.321 e. The van der Waals surface area contributed by atoms with Gasteiger partial charge in [0, 0.05) is 18.1 Å². The standard InChI is InChI=1S/C18H18N4O2/c1-13-11-14(24-17-20-9-4-10-21-17)5-6-15(13)22-16(23)18(12-19)7-2-3-8-18/h4-6,9-11H,2-3,7-8H2,1H3,(H,22,23). The number of carbonyl (C=O) groups is 1. The molecule has 2 aromatic rings. The van der Waals surface area contributed by atoms with Gasteiger partial charge >= 0.3 is 6.01 Å². The van der Waals surface area contributed by atoms with Crippen molar-refractivity contribution in [3.63, 3.8) is 0 Å². The maximum Gasteiger partial charge on any atom is 0.321 e. The molecule has 0 atom stereocenters. The number of nitrogens with one attached hydrogen (secondary N) is 1. The first-order valence-corrected chi connectivity index (χ1v) is 7.91. The van der Waals surface area contributed by atoms with Crippen molar-refractivity contribution in [2.75, 3.05) is 5.32 Å². The average molecular weight is 322 g/mol. The molecule has 0 spiro atoms. The van der Waals surface area contributed by atoms with Gasteiger partial charge < -0.3 is 10.1 Å². The van der Waals surface area contributed by atoms with Gasteiger partial charge in [-0.3, -0.25) is 4.79 Å². The third kappa shape index (κ3) is 3.20. The summed E-state index contributed by atoms with van der Waals surface area (Å²) in [4.78, 5) is 20.5. The highest BCUT2D eigenvalue weighted by molar-refractivity contribution is 5.98. The molecule has 0 aliphatic heterocycles. The Morgan fingerprint density at radius 3 is 2.62 bits per heavy atom. The molecule has 1 saturated carbocycles. The zero-order chi connectivity index (χ0) is 17.0. The van der Waals surface area contributed by atoms with Crippen LogP contribution in [0.15, 0.2) is 36.7 Å². The van der Waals surface area contributed by atoms with Crippen molar-refractivity contribution in [2.45, 2.75) is 32.6 Å². The molecule has 1 aromatic carbocycles. The van der Waals surface area contributed by atoms with E-state index >= 15 is 0 Å². The first-order chi connectivity index (χ1) is 11.6. The number of carbonyl (C=O) groups excluding carboxylic acids is 1. The Labute approximate surface area is 140 Å². The van der Waals surface area contributed by atoms with Crippen LogP contribution in [0.4, 0.5) is 5.69 Å². The van der Waals surface area contributed by atoms with Crippen LogP contribution in [-0.4, -0.2) is 15.9 Å². The molecule has 3 rings (SSSR count). The van der Waals surface area contributed by atoms with E-state index in [-0.39, 0.29) is 11.9 Å². The second-order valence-electron chi connectivity index (χ2n) is 5.97. The summed E-state index contributed by atoms with van der Waals surface area (Å²) in [5.41, 5.74) is 0.644. The highest BCUT2D eigenvalue weighted by Crippen LogP contribution is 2.38. The maximum atomic E-state index is 12.5. The van der Waals surface area contributed by atoms with Crippen LogP contribution in [0.5, 0.6) is 11.8 Å². The molecule has 1 aliphatic rings. The Balaban J connectivity index is 1.73. The lowest BCUT2D eigenvalue weighted by Crippen LogP contribution is -2.32. The lowest BCUT2D eigenvalue weighted by Gasteiger charge is -2.20. The third-order valence-electron chi connectivity index (χ3n) is 4.30. The van der Waals surface area contributed by atoms with Gasteiger partial charge in [-0.2, -0.15) is 5.26 Å². The van der Waals surface area contributed by atoms with Gasteiger partial charge in [-0.15, -0.1) is 0 Å². The normalized spacial score (nSPS) is 15.5. The van der Waals surface area contributed by atoms with Crippen LogP contribution in [-0.2, 0) is 4.79 Å². The molecule has 6 heteroatoms. The fraction of sp³-hybridized carbons (Fsp3) is 0.333. The summed E-state index contributed by atoms with van der Waals surface area (Å²) in [7, 11) is 0. The molecule has 0 saturated heterocycles. The molecule has 0 bridgehead atoms. The molecule has 1 aromatic heterocycles. The van der Waals surface area contributed by atoms with E-state index in [1.54, 1.807) is 36.7 Å². The van der Waals surface area contributed by atoms with Crippen molar-refractivity contribution in [3.05, 3.63) is 42.2 Å². The second kappa shape index (κ2) is 6.67. The van der Waals surface area contributed by atoms with Gasteiger partial charge in [0.2, 0.25) is 5.91 Å². The number of hydrogen-bond acceptors (Lipinski definition) is 5. The van der Waals surface area contributed by atoms with Crippen LogP contribution in [0.3, 0.4) is 0 Å². The highest BCUT2D eigenvalue weighted by atomic mass is 16.5. The summed E-state index contributed by atoms with van der Waals surface area (Å²) in [6.07, 6.45) is 6.30. The van der Waals surface area contributed by atoms with Gasteiger partial charge in [0.1, 0.15) is 11.2 Å². The number of benzene rings is 1. The Bertz CT molecular complexity index is 777. The topological polar surface area (TPSA) is 87.9 Å². The van der Waals surface area contributed by atoms with Gasteiger partial charge in [-0.25, -0.2) is 9.97 Å². The summed E-state index contributed by atoms with van der Waals surface area (Å²) < 4.78 is 5.57. The van der Waals surface area contributed by atoms with E-state index < -0.39 is 5.41 Å². The van der Waals surface area contributed by atoms with E-state index in [4.69, 9.17) is 4.74 Å². The summed E-state index contributed by atoms with van der Waals surface area (Å²) in [6.45, 7) is 1.88. The van der Waals surface area contributed by atoms with Crippen LogP contribution in [0.25, 0.3) is 0 Å². The molecule has 0 unspecified atom stereocenters. The van der Waals surface area contributed by atoms with Crippen LogP contribution in [0, 0.1) is 23.7 Å². The molecule has 1 heterocycles. The van der Waals surface area contributed by atoms with Crippen molar-refractivity contribution < 1.29 is 9.53 Å². The fourth-order valence-corrected chi connectivity index (χ4v) is 2.89. The van der Waals surface area contributed by atoms with E-state index in [0.717, 1.165) is 18.4 Å². The first kappa shape index (κ1) is 15.9. The van der Waals surface area contributed by atoms with Crippen molar-refractivity contribution in [2.24, 2.45) is 5.41 Å². The second-order valence-corrected chi connectivity index (χ2v) is 5.97. The Morgan fingerprint density at radius 2 is 2.00 bits per heavy atom. The van der Waals surface area contributed by atoms with Crippen molar-refractivity contribution >= 4 is 11.6 Å². The van der Waals surface area contributed by atoms with Crippen molar-refractivity contribution in [1.82, 2.24) is 9.97 Å². The fourth-order valence-electron chi connectivity index (χ4n) is 2.89. The summed E-state index contributed by atoms with van der Waals surface area (Å²) >= 11 is 0. The molecule has 122 valence electrons. The highest BCUT2D eigenvalue weighted by Gasteiger charge is 2.41. The Morgan fingerprint density at radius 1 is 1.29 bits per heavy atom. The number of nitriles is 1. The number of ether oxygens (including phenoxy) is 1. The minimum atomic E-state index is -0.889. The van der Waals surface area contributed by atoms with E-state index in [1.165, 1.54) is 0 Å². The minimum Gasteiger partial charge on any atom is -0.424 e. The molecule has 6 nitrogen and oxygen atoms in total. The number of amides is 1. The van der Waals surface area contributed by atoms with Crippen LogP contribution in [0.2, 0.25) is 0 Å². The predicted octanol–water partition coefficient (Wildman–Crippen LogP) is 3.60. The molecule has 1 fully saturated rings. The summed E-state index contributed by atoms with van der Waals surface area (Å²) in [6, 6.07) is 9.50. The minimum absolute atomic E-state index is 0.217.